The molecule has 0 fully saturated rings. The molecule has 2 aromatic heterocycles. The fraction of sp³-hybridized carbons (Fsp3) is 0.231. The fourth-order valence-corrected chi connectivity index (χ4v) is 2.72. The summed E-state index contributed by atoms with van der Waals surface area (Å²) in [6, 6.07) is 4.65. The van der Waals surface area contributed by atoms with Gasteiger partial charge in [0.1, 0.15) is 0 Å². The zero-order chi connectivity index (χ0) is 18.2. The molecule has 0 aliphatic carbocycles. The van der Waals surface area contributed by atoms with E-state index in [2.05, 4.69) is 20.6 Å². The number of benzene rings is 1. The Bertz CT molecular complexity index is 937. The zero-order valence-corrected chi connectivity index (χ0v) is 13.6. The Morgan fingerprint density at radius 1 is 1.20 bits per heavy atom. The second-order valence-corrected chi connectivity index (χ2v) is 5.60. The molecule has 1 aromatic carbocycles. The minimum absolute atomic E-state index is 0.134. The third kappa shape index (κ3) is 3.20. The normalized spacial score (nSPS) is 11.6. The SMILES string of the molecule is COc1ccc(NC(=O)c2nn3c(C(F)(F)F)nnc3s2)cc1OC. The van der Waals surface area contributed by atoms with Crippen molar-refractivity contribution in [2.45, 2.75) is 6.18 Å². The number of methoxy groups -OCH3 is 2. The first kappa shape index (κ1) is 17.0. The molecule has 0 unspecified atom stereocenters. The van der Waals surface area contributed by atoms with Gasteiger partial charge in [0.05, 0.1) is 14.2 Å². The lowest BCUT2D eigenvalue weighted by Crippen LogP contribution is -2.15. The Balaban J connectivity index is 1.86. The van der Waals surface area contributed by atoms with E-state index in [4.69, 9.17) is 9.47 Å². The van der Waals surface area contributed by atoms with Gasteiger partial charge >= 0.3 is 6.18 Å². The molecule has 1 amide bonds. The predicted octanol–water partition coefficient (Wildman–Crippen LogP) is 2.47. The highest BCUT2D eigenvalue weighted by molar-refractivity contribution is 7.18. The first-order valence-corrected chi connectivity index (χ1v) is 7.48. The number of carbonyl (C=O) groups excluding carboxylic acids is 1. The molecule has 12 heteroatoms. The van der Waals surface area contributed by atoms with Crippen LogP contribution in [0.15, 0.2) is 18.2 Å². The van der Waals surface area contributed by atoms with Crippen molar-refractivity contribution in [1.29, 1.82) is 0 Å². The van der Waals surface area contributed by atoms with E-state index < -0.39 is 17.9 Å². The fourth-order valence-electron chi connectivity index (χ4n) is 1.98. The summed E-state index contributed by atoms with van der Waals surface area (Å²) in [6.07, 6.45) is -4.72. The molecule has 0 bridgehead atoms. The summed E-state index contributed by atoms with van der Waals surface area (Å²) < 4.78 is 49.0. The lowest BCUT2D eigenvalue weighted by atomic mass is 10.2. The molecular formula is C13H10F3N5O3S. The van der Waals surface area contributed by atoms with Gasteiger partial charge in [0.15, 0.2) is 11.5 Å². The summed E-state index contributed by atoms with van der Waals surface area (Å²) in [5.74, 6) is -1.12. The molecule has 0 aliphatic rings. The van der Waals surface area contributed by atoms with Gasteiger partial charge in [-0.05, 0) is 12.1 Å². The average molecular weight is 373 g/mol. The third-order valence-corrected chi connectivity index (χ3v) is 3.98. The maximum absolute atomic E-state index is 12.8. The maximum Gasteiger partial charge on any atom is 0.453 e. The van der Waals surface area contributed by atoms with Crippen molar-refractivity contribution >= 4 is 27.9 Å². The molecule has 0 saturated heterocycles. The number of anilines is 1. The van der Waals surface area contributed by atoms with Crippen LogP contribution in [-0.4, -0.2) is 39.9 Å². The van der Waals surface area contributed by atoms with Gasteiger partial charge in [0.25, 0.3) is 11.7 Å². The van der Waals surface area contributed by atoms with Crippen LogP contribution in [0, 0.1) is 0 Å². The first-order valence-electron chi connectivity index (χ1n) is 6.66. The van der Waals surface area contributed by atoms with E-state index in [0.29, 0.717) is 33.0 Å². The topological polar surface area (TPSA) is 90.6 Å². The van der Waals surface area contributed by atoms with Gasteiger partial charge in [-0.15, -0.1) is 15.3 Å². The number of ether oxygens (including phenoxy) is 2. The van der Waals surface area contributed by atoms with Crippen LogP contribution in [0.4, 0.5) is 18.9 Å². The number of amides is 1. The minimum atomic E-state index is -4.72. The van der Waals surface area contributed by atoms with Crippen molar-refractivity contribution in [3.05, 3.63) is 29.0 Å². The monoisotopic (exact) mass is 373 g/mol. The van der Waals surface area contributed by atoms with Crippen LogP contribution in [0.5, 0.6) is 11.5 Å². The van der Waals surface area contributed by atoms with E-state index in [1.807, 2.05) is 0 Å². The molecule has 0 aliphatic heterocycles. The summed E-state index contributed by atoms with van der Waals surface area (Å²) in [6.45, 7) is 0. The van der Waals surface area contributed by atoms with Gasteiger partial charge in [0.2, 0.25) is 9.97 Å². The lowest BCUT2D eigenvalue weighted by Gasteiger charge is -2.09. The second-order valence-electron chi connectivity index (χ2n) is 4.65. The number of halogens is 3. The van der Waals surface area contributed by atoms with Crippen molar-refractivity contribution in [3.63, 3.8) is 0 Å². The number of aromatic nitrogens is 4. The summed E-state index contributed by atoms with van der Waals surface area (Å²) in [5.41, 5.74) is 0.365. The summed E-state index contributed by atoms with van der Waals surface area (Å²) >= 11 is 0.689. The standard InChI is InChI=1S/C13H10F3N5O3S/c1-23-7-4-3-6(5-8(7)24-2)17-9(22)10-20-21-11(13(14,15)16)18-19-12(21)25-10/h3-5H,1-2H3,(H,17,22). The molecule has 0 radical (unpaired) electrons. The predicted molar refractivity (Wildman–Crippen MR) is 81.2 cm³/mol. The van der Waals surface area contributed by atoms with Crippen molar-refractivity contribution in [1.82, 2.24) is 19.8 Å². The Kier molecular flexibility index (Phi) is 4.20. The van der Waals surface area contributed by atoms with Gasteiger partial charge in [-0.2, -0.15) is 17.7 Å². The number of carbonyl (C=O) groups is 1. The number of rotatable bonds is 4. The third-order valence-electron chi connectivity index (χ3n) is 3.08. The minimum Gasteiger partial charge on any atom is -0.493 e. The molecule has 3 aromatic rings. The molecule has 8 nitrogen and oxygen atoms in total. The lowest BCUT2D eigenvalue weighted by molar-refractivity contribution is -0.146. The number of fused-ring (bicyclic) bond motifs is 1. The highest BCUT2D eigenvalue weighted by Gasteiger charge is 2.38. The van der Waals surface area contributed by atoms with Crippen LogP contribution in [-0.2, 0) is 6.18 Å². The van der Waals surface area contributed by atoms with E-state index >= 15 is 0 Å². The number of hydrogen-bond acceptors (Lipinski definition) is 7. The largest absolute Gasteiger partial charge is 0.493 e. The van der Waals surface area contributed by atoms with Crippen LogP contribution >= 0.6 is 11.3 Å². The smallest absolute Gasteiger partial charge is 0.453 e. The van der Waals surface area contributed by atoms with Crippen molar-refractivity contribution in [2.24, 2.45) is 0 Å². The van der Waals surface area contributed by atoms with Crippen LogP contribution < -0.4 is 14.8 Å². The molecule has 25 heavy (non-hydrogen) atoms. The zero-order valence-electron chi connectivity index (χ0n) is 12.8. The second kappa shape index (κ2) is 6.20. The van der Waals surface area contributed by atoms with Crippen LogP contribution in [0.1, 0.15) is 15.6 Å². The summed E-state index contributed by atoms with van der Waals surface area (Å²) in [5, 5.41) is 12.4. The Hall–Kier alpha value is -2.89. The van der Waals surface area contributed by atoms with Gasteiger partial charge in [-0.3, -0.25) is 4.79 Å². The van der Waals surface area contributed by atoms with E-state index in [1.165, 1.54) is 20.3 Å². The van der Waals surface area contributed by atoms with Crippen molar-refractivity contribution < 1.29 is 27.4 Å². The Morgan fingerprint density at radius 3 is 2.56 bits per heavy atom. The Labute approximate surface area is 142 Å². The molecule has 0 saturated carbocycles. The van der Waals surface area contributed by atoms with Crippen molar-refractivity contribution in [2.75, 3.05) is 19.5 Å². The Morgan fingerprint density at radius 2 is 1.92 bits per heavy atom. The van der Waals surface area contributed by atoms with Gasteiger partial charge < -0.3 is 14.8 Å². The number of alkyl halides is 3. The van der Waals surface area contributed by atoms with Crippen LogP contribution in [0.3, 0.4) is 0 Å². The summed E-state index contributed by atoms with van der Waals surface area (Å²) in [4.78, 5) is 12.1. The number of nitrogens with one attached hydrogen (secondary N) is 1. The summed E-state index contributed by atoms with van der Waals surface area (Å²) in [7, 11) is 2.90. The van der Waals surface area contributed by atoms with Gasteiger partial charge in [0, 0.05) is 11.8 Å². The molecule has 2 heterocycles. The average Bonchev–Trinajstić information content (AvgIpc) is 3.14. The van der Waals surface area contributed by atoms with E-state index in [-0.39, 0.29) is 9.97 Å². The highest BCUT2D eigenvalue weighted by Crippen LogP contribution is 2.31. The van der Waals surface area contributed by atoms with E-state index in [0.717, 1.165) is 0 Å². The van der Waals surface area contributed by atoms with E-state index in [9.17, 15) is 18.0 Å². The van der Waals surface area contributed by atoms with Crippen LogP contribution in [0.25, 0.3) is 4.96 Å². The first-order chi connectivity index (χ1) is 11.8. The molecule has 0 atom stereocenters. The van der Waals surface area contributed by atoms with Gasteiger partial charge in [-0.25, -0.2) is 0 Å². The molecule has 0 spiro atoms. The van der Waals surface area contributed by atoms with Crippen LogP contribution in [0.2, 0.25) is 0 Å². The van der Waals surface area contributed by atoms with E-state index in [1.54, 1.807) is 12.1 Å². The highest BCUT2D eigenvalue weighted by atomic mass is 32.1. The number of nitrogens with zero attached hydrogens (tertiary/aromatic N) is 4. The molecule has 132 valence electrons. The van der Waals surface area contributed by atoms with Crippen molar-refractivity contribution in [3.8, 4) is 11.5 Å². The van der Waals surface area contributed by atoms with Gasteiger partial charge in [-0.1, -0.05) is 11.3 Å². The molecular weight excluding hydrogens is 363 g/mol. The maximum atomic E-state index is 12.8. The molecule has 3 rings (SSSR count). The number of hydrogen-bond donors (Lipinski definition) is 1. The quantitative estimate of drug-likeness (QED) is 0.756. The molecule has 1 N–H and O–H groups in total.